The van der Waals surface area contributed by atoms with E-state index in [4.69, 9.17) is 4.42 Å². The average molecular weight is 236 g/mol. The molecule has 0 aliphatic heterocycles. The van der Waals surface area contributed by atoms with Gasteiger partial charge in [0.2, 0.25) is 5.91 Å². The SMILES string of the molecule is Cc1ccc(C(C)NCCC(=O)NC2CC2)o1. The van der Waals surface area contributed by atoms with Crippen LogP contribution in [0.3, 0.4) is 0 Å². The predicted octanol–water partition coefficient (Wildman–Crippen LogP) is 1.91. The van der Waals surface area contributed by atoms with Crippen LogP contribution in [0, 0.1) is 6.92 Å². The molecule has 1 saturated carbocycles. The quantitative estimate of drug-likeness (QED) is 0.793. The molecular formula is C13H20N2O2. The van der Waals surface area contributed by atoms with Crippen molar-refractivity contribution >= 4 is 5.91 Å². The number of rotatable bonds is 6. The van der Waals surface area contributed by atoms with Crippen molar-refractivity contribution in [3.63, 3.8) is 0 Å². The standard InChI is InChI=1S/C13H20N2O2/c1-9-3-6-12(17-9)10(2)14-8-7-13(16)15-11-4-5-11/h3,6,10-11,14H,4-5,7-8H2,1-2H3,(H,15,16). The van der Waals surface area contributed by atoms with Crippen molar-refractivity contribution in [1.82, 2.24) is 10.6 Å². The first-order chi connectivity index (χ1) is 8.15. The Morgan fingerprint density at radius 1 is 1.53 bits per heavy atom. The second kappa shape index (κ2) is 5.36. The monoisotopic (exact) mass is 236 g/mol. The van der Waals surface area contributed by atoms with Gasteiger partial charge in [-0.1, -0.05) is 0 Å². The summed E-state index contributed by atoms with van der Waals surface area (Å²) in [7, 11) is 0. The average Bonchev–Trinajstić information content (AvgIpc) is 2.97. The molecule has 0 aromatic carbocycles. The van der Waals surface area contributed by atoms with Crippen LogP contribution in [0.25, 0.3) is 0 Å². The van der Waals surface area contributed by atoms with Gasteiger partial charge in [-0.25, -0.2) is 0 Å². The van der Waals surface area contributed by atoms with Gasteiger partial charge in [0.15, 0.2) is 0 Å². The lowest BCUT2D eigenvalue weighted by molar-refractivity contribution is -0.121. The van der Waals surface area contributed by atoms with Gasteiger partial charge in [0.1, 0.15) is 11.5 Å². The summed E-state index contributed by atoms with van der Waals surface area (Å²) in [6.07, 6.45) is 2.81. The molecule has 0 saturated heterocycles. The number of carbonyl (C=O) groups is 1. The number of amides is 1. The Morgan fingerprint density at radius 3 is 2.88 bits per heavy atom. The molecule has 1 fully saturated rings. The number of nitrogens with one attached hydrogen (secondary N) is 2. The van der Waals surface area contributed by atoms with E-state index in [-0.39, 0.29) is 11.9 Å². The van der Waals surface area contributed by atoms with Crippen LogP contribution in [0.2, 0.25) is 0 Å². The van der Waals surface area contributed by atoms with E-state index in [0.29, 0.717) is 19.0 Å². The lowest BCUT2D eigenvalue weighted by Gasteiger charge is -2.11. The first-order valence-corrected chi connectivity index (χ1v) is 6.24. The highest BCUT2D eigenvalue weighted by molar-refractivity contribution is 5.76. The van der Waals surface area contributed by atoms with Crippen LogP contribution in [-0.2, 0) is 4.79 Å². The van der Waals surface area contributed by atoms with E-state index in [2.05, 4.69) is 10.6 Å². The summed E-state index contributed by atoms with van der Waals surface area (Å²) in [5, 5.41) is 6.25. The second-order valence-corrected chi connectivity index (χ2v) is 4.72. The van der Waals surface area contributed by atoms with Crippen molar-refractivity contribution in [3.8, 4) is 0 Å². The minimum atomic E-state index is 0.142. The van der Waals surface area contributed by atoms with Gasteiger partial charge in [-0.15, -0.1) is 0 Å². The van der Waals surface area contributed by atoms with E-state index in [1.54, 1.807) is 0 Å². The minimum Gasteiger partial charge on any atom is -0.465 e. The lowest BCUT2D eigenvalue weighted by atomic mass is 10.2. The van der Waals surface area contributed by atoms with E-state index in [0.717, 1.165) is 24.4 Å². The van der Waals surface area contributed by atoms with Crippen molar-refractivity contribution in [2.45, 2.75) is 45.2 Å². The van der Waals surface area contributed by atoms with Crippen LogP contribution in [0.1, 0.15) is 43.7 Å². The van der Waals surface area contributed by atoms with Crippen molar-refractivity contribution in [1.29, 1.82) is 0 Å². The molecule has 1 aromatic heterocycles. The number of hydrogen-bond donors (Lipinski definition) is 2. The van der Waals surface area contributed by atoms with Crippen molar-refractivity contribution in [2.75, 3.05) is 6.54 Å². The van der Waals surface area contributed by atoms with Crippen LogP contribution < -0.4 is 10.6 Å². The molecule has 0 bridgehead atoms. The van der Waals surface area contributed by atoms with Gasteiger partial charge in [-0.3, -0.25) is 4.79 Å². The lowest BCUT2D eigenvalue weighted by Crippen LogP contribution is -2.30. The smallest absolute Gasteiger partial charge is 0.221 e. The molecule has 1 aromatic rings. The van der Waals surface area contributed by atoms with E-state index in [9.17, 15) is 4.79 Å². The maximum Gasteiger partial charge on any atom is 0.221 e. The third-order valence-corrected chi connectivity index (χ3v) is 2.93. The van der Waals surface area contributed by atoms with Gasteiger partial charge < -0.3 is 15.1 Å². The highest BCUT2D eigenvalue weighted by Gasteiger charge is 2.22. The first kappa shape index (κ1) is 12.2. The van der Waals surface area contributed by atoms with E-state index in [1.165, 1.54) is 0 Å². The topological polar surface area (TPSA) is 54.3 Å². The molecule has 4 nitrogen and oxygen atoms in total. The molecule has 17 heavy (non-hydrogen) atoms. The summed E-state index contributed by atoms with van der Waals surface area (Å²) >= 11 is 0. The van der Waals surface area contributed by atoms with Crippen LogP contribution in [0.5, 0.6) is 0 Å². The van der Waals surface area contributed by atoms with Crippen LogP contribution >= 0.6 is 0 Å². The molecule has 0 radical (unpaired) electrons. The molecular weight excluding hydrogens is 216 g/mol. The minimum absolute atomic E-state index is 0.142. The summed E-state index contributed by atoms with van der Waals surface area (Å²) in [6.45, 7) is 4.65. The van der Waals surface area contributed by atoms with Gasteiger partial charge >= 0.3 is 0 Å². The summed E-state index contributed by atoms with van der Waals surface area (Å²) in [5.41, 5.74) is 0. The maximum atomic E-state index is 11.4. The van der Waals surface area contributed by atoms with Gasteiger partial charge in [-0.05, 0) is 38.8 Å². The Labute approximate surface area is 102 Å². The van der Waals surface area contributed by atoms with Gasteiger partial charge in [0, 0.05) is 19.0 Å². The Bertz CT molecular complexity index is 383. The fraction of sp³-hybridized carbons (Fsp3) is 0.615. The first-order valence-electron chi connectivity index (χ1n) is 6.24. The molecule has 1 amide bonds. The van der Waals surface area contributed by atoms with Gasteiger partial charge in [0.05, 0.1) is 6.04 Å². The highest BCUT2D eigenvalue weighted by atomic mass is 16.3. The van der Waals surface area contributed by atoms with Crippen LogP contribution in [0.15, 0.2) is 16.5 Å². The molecule has 1 atom stereocenters. The van der Waals surface area contributed by atoms with E-state index in [1.807, 2.05) is 26.0 Å². The Kier molecular flexibility index (Phi) is 3.84. The molecule has 1 heterocycles. The molecule has 1 aliphatic carbocycles. The summed E-state index contributed by atoms with van der Waals surface area (Å²) < 4.78 is 5.51. The molecule has 2 rings (SSSR count). The third-order valence-electron chi connectivity index (χ3n) is 2.93. The summed E-state index contributed by atoms with van der Waals surface area (Å²) in [6, 6.07) is 4.52. The zero-order valence-corrected chi connectivity index (χ0v) is 10.5. The molecule has 94 valence electrons. The Balaban J connectivity index is 1.65. The zero-order valence-electron chi connectivity index (χ0n) is 10.5. The Hall–Kier alpha value is -1.29. The number of aryl methyl sites for hydroxylation is 1. The second-order valence-electron chi connectivity index (χ2n) is 4.72. The summed E-state index contributed by atoms with van der Waals surface area (Å²) in [5.74, 6) is 1.98. The molecule has 4 heteroatoms. The number of carbonyl (C=O) groups excluding carboxylic acids is 1. The molecule has 1 aliphatic rings. The Morgan fingerprint density at radius 2 is 2.29 bits per heavy atom. The maximum absolute atomic E-state index is 11.4. The van der Waals surface area contributed by atoms with E-state index < -0.39 is 0 Å². The number of furan rings is 1. The van der Waals surface area contributed by atoms with Crippen molar-refractivity contribution in [3.05, 3.63) is 23.7 Å². The van der Waals surface area contributed by atoms with Crippen LogP contribution in [-0.4, -0.2) is 18.5 Å². The highest BCUT2D eigenvalue weighted by Crippen LogP contribution is 2.18. The summed E-state index contributed by atoms with van der Waals surface area (Å²) in [4.78, 5) is 11.4. The zero-order chi connectivity index (χ0) is 12.3. The number of hydrogen-bond acceptors (Lipinski definition) is 3. The largest absolute Gasteiger partial charge is 0.465 e. The van der Waals surface area contributed by atoms with Crippen LogP contribution in [0.4, 0.5) is 0 Å². The fourth-order valence-electron chi connectivity index (χ4n) is 1.72. The van der Waals surface area contributed by atoms with Gasteiger partial charge in [0.25, 0.3) is 0 Å². The molecule has 1 unspecified atom stereocenters. The third kappa shape index (κ3) is 3.89. The van der Waals surface area contributed by atoms with Crippen molar-refractivity contribution in [2.24, 2.45) is 0 Å². The normalized spacial score (nSPS) is 16.8. The van der Waals surface area contributed by atoms with Gasteiger partial charge in [-0.2, -0.15) is 0 Å². The van der Waals surface area contributed by atoms with E-state index >= 15 is 0 Å². The predicted molar refractivity (Wildman–Crippen MR) is 65.6 cm³/mol. The van der Waals surface area contributed by atoms with Crippen molar-refractivity contribution < 1.29 is 9.21 Å². The fourth-order valence-corrected chi connectivity index (χ4v) is 1.72. The molecule has 2 N–H and O–H groups in total. The molecule has 0 spiro atoms.